The van der Waals surface area contributed by atoms with Crippen molar-refractivity contribution in [2.24, 2.45) is 0 Å². The Labute approximate surface area is 115 Å². The summed E-state index contributed by atoms with van der Waals surface area (Å²) in [6.07, 6.45) is 2.57. The zero-order valence-corrected chi connectivity index (χ0v) is 12.1. The number of aromatic hydroxyl groups is 1. The number of nitrogens with zero attached hydrogens (tertiary/aromatic N) is 1. The molecule has 100 valence electrons. The van der Waals surface area contributed by atoms with E-state index in [1.54, 1.807) is 6.20 Å². The highest BCUT2D eigenvalue weighted by Crippen LogP contribution is 2.36. The van der Waals surface area contributed by atoms with Gasteiger partial charge in [-0.2, -0.15) is 0 Å². The fourth-order valence-electron chi connectivity index (χ4n) is 2.11. The first-order valence-corrected chi connectivity index (χ1v) is 6.71. The van der Waals surface area contributed by atoms with Crippen LogP contribution in [0.4, 0.5) is 0 Å². The largest absolute Gasteiger partial charge is 0.507 e. The molecule has 0 fully saturated rings. The predicted octanol–water partition coefficient (Wildman–Crippen LogP) is 4.31. The Balaban J connectivity index is 2.66. The third kappa shape index (κ3) is 2.78. The Hall–Kier alpha value is -1.83. The number of aryl methyl sites for hydroxylation is 1. The van der Waals surface area contributed by atoms with Crippen LogP contribution in [0, 0.1) is 0 Å². The van der Waals surface area contributed by atoms with Crippen molar-refractivity contribution in [1.29, 1.82) is 0 Å². The van der Waals surface area contributed by atoms with E-state index < -0.39 is 0 Å². The average Bonchev–Trinajstić information content (AvgIpc) is 2.38. The zero-order chi connectivity index (χ0) is 14.0. The van der Waals surface area contributed by atoms with Crippen molar-refractivity contribution in [3.63, 3.8) is 0 Å². The molecule has 0 saturated heterocycles. The van der Waals surface area contributed by atoms with Crippen molar-refractivity contribution in [3.05, 3.63) is 47.7 Å². The van der Waals surface area contributed by atoms with Crippen molar-refractivity contribution in [3.8, 4) is 17.0 Å². The number of aromatic nitrogens is 1. The lowest BCUT2D eigenvalue weighted by atomic mass is 9.84. The monoisotopic (exact) mass is 255 g/mol. The molecular weight excluding hydrogens is 234 g/mol. The van der Waals surface area contributed by atoms with E-state index in [-0.39, 0.29) is 5.41 Å². The highest BCUT2D eigenvalue weighted by Gasteiger charge is 2.19. The highest BCUT2D eigenvalue weighted by atomic mass is 16.3. The molecule has 0 saturated carbocycles. The molecule has 0 atom stereocenters. The second-order valence-corrected chi connectivity index (χ2v) is 5.85. The maximum Gasteiger partial charge on any atom is 0.128 e. The molecular formula is C17H21NO. The molecule has 0 unspecified atom stereocenters. The molecule has 0 radical (unpaired) electrons. The van der Waals surface area contributed by atoms with Crippen molar-refractivity contribution < 1.29 is 5.11 Å². The first-order valence-electron chi connectivity index (χ1n) is 6.71. The molecule has 0 aliphatic heterocycles. The second-order valence-electron chi connectivity index (χ2n) is 5.85. The Morgan fingerprint density at radius 3 is 2.42 bits per heavy atom. The number of pyridine rings is 1. The van der Waals surface area contributed by atoms with E-state index in [0.717, 1.165) is 23.2 Å². The van der Waals surface area contributed by atoms with Gasteiger partial charge in [-0.05, 0) is 41.2 Å². The zero-order valence-electron chi connectivity index (χ0n) is 12.1. The Kier molecular flexibility index (Phi) is 3.61. The van der Waals surface area contributed by atoms with Crippen molar-refractivity contribution in [2.45, 2.75) is 39.5 Å². The molecule has 19 heavy (non-hydrogen) atoms. The summed E-state index contributed by atoms with van der Waals surface area (Å²) in [7, 11) is 0. The van der Waals surface area contributed by atoms with E-state index in [9.17, 15) is 5.11 Å². The standard InChI is InChI=1S/C17H21NO/c1-5-12-10-13(17(2,3)4)11-14(16(12)19)15-8-6-7-9-18-15/h6-11,19H,5H2,1-4H3. The smallest absolute Gasteiger partial charge is 0.128 e. The normalized spacial score (nSPS) is 11.6. The molecule has 2 rings (SSSR count). The van der Waals surface area contributed by atoms with Crippen LogP contribution in [-0.2, 0) is 11.8 Å². The van der Waals surface area contributed by atoms with E-state index >= 15 is 0 Å². The molecule has 0 bridgehead atoms. The quantitative estimate of drug-likeness (QED) is 0.867. The minimum atomic E-state index is 0.0567. The van der Waals surface area contributed by atoms with Crippen molar-refractivity contribution >= 4 is 0 Å². The molecule has 2 nitrogen and oxygen atoms in total. The summed E-state index contributed by atoms with van der Waals surface area (Å²) in [5.41, 5.74) is 3.91. The summed E-state index contributed by atoms with van der Waals surface area (Å²) in [5, 5.41) is 10.4. The molecule has 0 aliphatic rings. The highest BCUT2D eigenvalue weighted by molar-refractivity contribution is 5.70. The van der Waals surface area contributed by atoms with Gasteiger partial charge in [0, 0.05) is 11.8 Å². The van der Waals surface area contributed by atoms with E-state index in [2.05, 4.69) is 44.8 Å². The van der Waals surface area contributed by atoms with Gasteiger partial charge in [0.25, 0.3) is 0 Å². The summed E-state index contributed by atoms with van der Waals surface area (Å²) in [6.45, 7) is 8.60. The number of phenolic OH excluding ortho intramolecular Hbond substituents is 1. The average molecular weight is 255 g/mol. The van der Waals surface area contributed by atoms with Crippen LogP contribution in [0.25, 0.3) is 11.3 Å². The van der Waals surface area contributed by atoms with Gasteiger partial charge >= 0.3 is 0 Å². The lowest BCUT2D eigenvalue weighted by Crippen LogP contribution is -2.12. The fourth-order valence-corrected chi connectivity index (χ4v) is 2.11. The first-order chi connectivity index (χ1) is 8.93. The summed E-state index contributed by atoms with van der Waals surface area (Å²) in [4.78, 5) is 4.35. The molecule has 1 heterocycles. The van der Waals surface area contributed by atoms with Crippen molar-refractivity contribution in [2.75, 3.05) is 0 Å². The van der Waals surface area contributed by atoms with Crippen LogP contribution >= 0.6 is 0 Å². The van der Waals surface area contributed by atoms with E-state index in [0.29, 0.717) is 5.75 Å². The molecule has 1 N–H and O–H groups in total. The van der Waals surface area contributed by atoms with Gasteiger partial charge in [0.05, 0.1) is 5.69 Å². The maximum atomic E-state index is 10.4. The van der Waals surface area contributed by atoms with Crippen LogP contribution in [0.3, 0.4) is 0 Å². The van der Waals surface area contributed by atoms with Crippen molar-refractivity contribution in [1.82, 2.24) is 4.98 Å². The Morgan fingerprint density at radius 1 is 1.16 bits per heavy atom. The van der Waals surface area contributed by atoms with Gasteiger partial charge in [-0.15, -0.1) is 0 Å². The van der Waals surface area contributed by atoms with Gasteiger partial charge < -0.3 is 5.11 Å². The lowest BCUT2D eigenvalue weighted by molar-refractivity contribution is 0.469. The third-order valence-corrected chi connectivity index (χ3v) is 3.38. The minimum Gasteiger partial charge on any atom is -0.507 e. The summed E-state index contributed by atoms with van der Waals surface area (Å²) in [5.74, 6) is 0.356. The van der Waals surface area contributed by atoms with Gasteiger partial charge in [0.15, 0.2) is 0 Å². The maximum absolute atomic E-state index is 10.4. The van der Waals surface area contributed by atoms with Crippen LogP contribution < -0.4 is 0 Å². The topological polar surface area (TPSA) is 33.1 Å². The SMILES string of the molecule is CCc1cc(C(C)(C)C)cc(-c2ccccn2)c1O. The number of hydrogen-bond donors (Lipinski definition) is 1. The molecule has 0 spiro atoms. The number of benzene rings is 1. The third-order valence-electron chi connectivity index (χ3n) is 3.38. The van der Waals surface area contributed by atoms with Crippen LogP contribution in [0.5, 0.6) is 5.75 Å². The molecule has 0 amide bonds. The molecule has 2 heteroatoms. The van der Waals surface area contributed by atoms with Crippen LogP contribution in [0.1, 0.15) is 38.8 Å². The Morgan fingerprint density at radius 2 is 1.89 bits per heavy atom. The van der Waals surface area contributed by atoms with Gasteiger partial charge in [-0.3, -0.25) is 4.98 Å². The van der Waals surface area contributed by atoms with E-state index in [1.165, 1.54) is 5.56 Å². The van der Waals surface area contributed by atoms with Gasteiger partial charge in [0.2, 0.25) is 0 Å². The fraction of sp³-hybridized carbons (Fsp3) is 0.353. The molecule has 1 aromatic heterocycles. The first kappa shape index (κ1) is 13.6. The second kappa shape index (κ2) is 5.04. The number of phenols is 1. The summed E-state index contributed by atoms with van der Waals surface area (Å²) in [6, 6.07) is 9.91. The van der Waals surface area contributed by atoms with Crippen LogP contribution in [-0.4, -0.2) is 10.1 Å². The molecule has 1 aromatic carbocycles. The van der Waals surface area contributed by atoms with Gasteiger partial charge in [-0.25, -0.2) is 0 Å². The number of hydrogen-bond acceptors (Lipinski definition) is 2. The number of rotatable bonds is 2. The van der Waals surface area contributed by atoms with Crippen LogP contribution in [0.2, 0.25) is 0 Å². The summed E-state index contributed by atoms with van der Waals surface area (Å²) < 4.78 is 0. The van der Waals surface area contributed by atoms with Crippen LogP contribution in [0.15, 0.2) is 36.5 Å². The predicted molar refractivity (Wildman–Crippen MR) is 79.4 cm³/mol. The van der Waals surface area contributed by atoms with Gasteiger partial charge in [-0.1, -0.05) is 39.8 Å². The van der Waals surface area contributed by atoms with E-state index in [1.807, 2.05) is 18.2 Å². The Bertz CT molecular complexity index is 568. The molecule has 2 aromatic rings. The van der Waals surface area contributed by atoms with E-state index in [4.69, 9.17) is 0 Å². The minimum absolute atomic E-state index is 0.0567. The molecule has 0 aliphatic carbocycles. The summed E-state index contributed by atoms with van der Waals surface area (Å²) >= 11 is 0. The van der Waals surface area contributed by atoms with Gasteiger partial charge in [0.1, 0.15) is 5.75 Å². The lowest BCUT2D eigenvalue weighted by Gasteiger charge is -2.22.